The summed E-state index contributed by atoms with van der Waals surface area (Å²) in [5.74, 6) is 0.376. The van der Waals surface area contributed by atoms with Gasteiger partial charge in [0.25, 0.3) is 5.91 Å². The van der Waals surface area contributed by atoms with Gasteiger partial charge in [-0.3, -0.25) is 4.79 Å². The molecule has 1 fully saturated rings. The normalized spacial score (nSPS) is 14.2. The van der Waals surface area contributed by atoms with E-state index in [1.54, 1.807) is 41.2 Å². The fourth-order valence-corrected chi connectivity index (χ4v) is 4.19. The van der Waals surface area contributed by atoms with Crippen LogP contribution in [0.5, 0.6) is 0 Å². The Morgan fingerprint density at radius 3 is 2.84 bits per heavy atom. The van der Waals surface area contributed by atoms with Gasteiger partial charge in [-0.15, -0.1) is 11.3 Å². The number of ether oxygens (including phenoxy) is 1. The number of carbonyl (C=O) groups is 2. The number of amides is 3. The summed E-state index contributed by atoms with van der Waals surface area (Å²) in [4.78, 5) is 25.3. The molecule has 0 bridgehead atoms. The zero-order valence-corrected chi connectivity index (χ0v) is 18.2. The number of halogens is 1. The second-order valence-corrected chi connectivity index (χ2v) is 8.49. The second-order valence-electron chi connectivity index (χ2n) is 7.17. The molecule has 0 spiro atoms. The number of rotatable bonds is 6. The van der Waals surface area contributed by atoms with E-state index in [2.05, 4.69) is 21.0 Å². The van der Waals surface area contributed by atoms with Gasteiger partial charge in [0.1, 0.15) is 0 Å². The summed E-state index contributed by atoms with van der Waals surface area (Å²) in [7, 11) is 0. The van der Waals surface area contributed by atoms with Crippen LogP contribution in [0.2, 0.25) is 5.02 Å². The third-order valence-corrected chi connectivity index (χ3v) is 6.17. The molecule has 0 unspecified atom stereocenters. The highest BCUT2D eigenvalue weighted by Crippen LogP contribution is 2.22. The first-order chi connectivity index (χ1) is 15.1. The van der Waals surface area contributed by atoms with Crippen LogP contribution in [0.4, 0.5) is 16.2 Å². The fraction of sp³-hybridized carbons (Fsp3) is 0.286. The average molecular weight is 460 g/mol. The molecule has 4 rings (SSSR count). The molecule has 3 N–H and O–H groups in total. The van der Waals surface area contributed by atoms with Crippen LogP contribution in [-0.2, 0) is 4.74 Å². The van der Waals surface area contributed by atoms with Crippen molar-refractivity contribution < 1.29 is 14.3 Å². The zero-order valence-electron chi connectivity index (χ0n) is 16.6. The highest BCUT2D eigenvalue weighted by Gasteiger charge is 2.17. The summed E-state index contributed by atoms with van der Waals surface area (Å²) in [6.07, 6.45) is 5.17. The van der Waals surface area contributed by atoms with E-state index in [1.165, 1.54) is 17.5 Å². The molecule has 1 aliphatic rings. The molecule has 2 aromatic heterocycles. The number of nitrogens with zero attached hydrogens (tertiary/aromatic N) is 2. The van der Waals surface area contributed by atoms with E-state index < -0.39 is 6.03 Å². The van der Waals surface area contributed by atoms with Crippen molar-refractivity contribution in [3.8, 4) is 5.69 Å². The lowest BCUT2D eigenvalue weighted by atomic mass is 10.0. The molecule has 0 radical (unpaired) electrons. The first kappa shape index (κ1) is 21.4. The highest BCUT2D eigenvalue weighted by atomic mass is 35.5. The Hall–Kier alpha value is -2.88. The van der Waals surface area contributed by atoms with E-state index in [0.717, 1.165) is 31.7 Å². The molecule has 3 aromatic rings. The Balaban J connectivity index is 1.32. The maximum absolute atomic E-state index is 12.4. The third-order valence-electron chi connectivity index (χ3n) is 4.93. The van der Waals surface area contributed by atoms with Crippen LogP contribution in [0.15, 0.2) is 48.1 Å². The molecule has 8 nitrogen and oxygen atoms in total. The SMILES string of the molecule is O=C(Nc1cnn(-c2csc(C(=O)NCC3CCOCC3)c2)c1)Nc1ccccc1Cl. The van der Waals surface area contributed by atoms with Crippen molar-refractivity contribution in [3.05, 3.63) is 58.0 Å². The predicted molar refractivity (Wildman–Crippen MR) is 121 cm³/mol. The molecular formula is C21H22ClN5O3S. The maximum Gasteiger partial charge on any atom is 0.323 e. The van der Waals surface area contributed by atoms with Gasteiger partial charge in [0.15, 0.2) is 0 Å². The molecule has 0 atom stereocenters. The van der Waals surface area contributed by atoms with Gasteiger partial charge in [-0.05, 0) is 37.0 Å². The minimum atomic E-state index is -0.425. The van der Waals surface area contributed by atoms with Gasteiger partial charge in [0, 0.05) is 25.1 Å². The topological polar surface area (TPSA) is 97.3 Å². The summed E-state index contributed by atoms with van der Waals surface area (Å²) in [6, 6.07) is 8.34. The number of para-hydroxylation sites is 1. The minimum Gasteiger partial charge on any atom is -0.381 e. The number of aromatic nitrogens is 2. The molecule has 3 amide bonds. The molecule has 1 aromatic carbocycles. The number of benzene rings is 1. The minimum absolute atomic E-state index is 0.0904. The van der Waals surface area contributed by atoms with Gasteiger partial charge in [-0.2, -0.15) is 5.10 Å². The molecule has 10 heteroatoms. The Labute approximate surface area is 188 Å². The smallest absolute Gasteiger partial charge is 0.323 e. The molecule has 31 heavy (non-hydrogen) atoms. The standard InChI is InChI=1S/C21H22ClN5O3S/c22-17-3-1-2-4-18(17)26-21(29)25-15-11-24-27(12-15)16-9-19(31-13-16)20(28)23-10-14-5-7-30-8-6-14/h1-4,9,11-14H,5-8,10H2,(H,23,28)(H2,25,26,29). The van der Waals surface area contributed by atoms with Gasteiger partial charge < -0.3 is 20.7 Å². The van der Waals surface area contributed by atoms with Crippen molar-refractivity contribution in [1.82, 2.24) is 15.1 Å². The predicted octanol–water partition coefficient (Wildman–Crippen LogP) is 4.39. The lowest BCUT2D eigenvalue weighted by molar-refractivity contribution is 0.0643. The number of carbonyl (C=O) groups excluding carboxylic acids is 2. The monoisotopic (exact) mass is 459 g/mol. The zero-order chi connectivity index (χ0) is 21.6. The lowest BCUT2D eigenvalue weighted by Gasteiger charge is -2.21. The van der Waals surface area contributed by atoms with Crippen LogP contribution in [-0.4, -0.2) is 41.5 Å². The third kappa shape index (κ3) is 5.63. The Morgan fingerprint density at radius 1 is 1.23 bits per heavy atom. The molecule has 3 heterocycles. The van der Waals surface area contributed by atoms with E-state index in [-0.39, 0.29) is 5.91 Å². The van der Waals surface area contributed by atoms with E-state index in [9.17, 15) is 9.59 Å². The first-order valence-electron chi connectivity index (χ1n) is 9.90. The molecule has 0 aliphatic carbocycles. The van der Waals surface area contributed by atoms with E-state index in [0.29, 0.717) is 33.7 Å². The van der Waals surface area contributed by atoms with Crippen molar-refractivity contribution >= 4 is 46.3 Å². The Morgan fingerprint density at radius 2 is 2.03 bits per heavy atom. The van der Waals surface area contributed by atoms with Gasteiger partial charge >= 0.3 is 6.03 Å². The van der Waals surface area contributed by atoms with Crippen LogP contribution in [0.25, 0.3) is 5.69 Å². The van der Waals surface area contributed by atoms with Crippen LogP contribution in [0.1, 0.15) is 22.5 Å². The van der Waals surface area contributed by atoms with Gasteiger partial charge in [0.05, 0.1) is 39.4 Å². The summed E-state index contributed by atoms with van der Waals surface area (Å²) in [6.45, 7) is 2.18. The Bertz CT molecular complexity index is 1060. The number of hydrogen-bond donors (Lipinski definition) is 3. The van der Waals surface area contributed by atoms with Gasteiger partial charge in [-0.25, -0.2) is 9.48 Å². The second kappa shape index (κ2) is 9.95. The van der Waals surface area contributed by atoms with Crippen molar-refractivity contribution in [1.29, 1.82) is 0 Å². The van der Waals surface area contributed by atoms with Crippen LogP contribution in [0, 0.1) is 5.92 Å². The number of thiophene rings is 1. The van der Waals surface area contributed by atoms with Crippen molar-refractivity contribution in [2.75, 3.05) is 30.4 Å². The quantitative estimate of drug-likeness (QED) is 0.509. The molecular weight excluding hydrogens is 438 g/mol. The van der Waals surface area contributed by atoms with Gasteiger partial charge in [0.2, 0.25) is 0 Å². The largest absolute Gasteiger partial charge is 0.381 e. The summed E-state index contributed by atoms with van der Waals surface area (Å²) in [5, 5.41) is 15.0. The number of hydrogen-bond acceptors (Lipinski definition) is 5. The van der Waals surface area contributed by atoms with Crippen molar-refractivity contribution in [2.24, 2.45) is 5.92 Å². The average Bonchev–Trinajstić information content (AvgIpc) is 3.44. The summed E-state index contributed by atoms with van der Waals surface area (Å²) in [5.41, 5.74) is 1.78. The maximum atomic E-state index is 12.4. The summed E-state index contributed by atoms with van der Waals surface area (Å²) < 4.78 is 6.96. The molecule has 162 valence electrons. The van der Waals surface area contributed by atoms with Crippen LogP contribution in [0.3, 0.4) is 0 Å². The van der Waals surface area contributed by atoms with E-state index >= 15 is 0 Å². The number of urea groups is 1. The van der Waals surface area contributed by atoms with Crippen molar-refractivity contribution in [2.45, 2.75) is 12.8 Å². The van der Waals surface area contributed by atoms with E-state index in [1.807, 2.05) is 5.38 Å². The number of anilines is 2. The lowest BCUT2D eigenvalue weighted by Crippen LogP contribution is -2.31. The molecule has 1 aliphatic heterocycles. The van der Waals surface area contributed by atoms with Gasteiger partial charge in [-0.1, -0.05) is 23.7 Å². The van der Waals surface area contributed by atoms with Crippen LogP contribution >= 0.6 is 22.9 Å². The summed E-state index contributed by atoms with van der Waals surface area (Å²) >= 11 is 7.41. The number of nitrogens with one attached hydrogen (secondary N) is 3. The molecule has 0 saturated carbocycles. The van der Waals surface area contributed by atoms with E-state index in [4.69, 9.17) is 16.3 Å². The molecule has 1 saturated heterocycles. The highest BCUT2D eigenvalue weighted by molar-refractivity contribution is 7.12. The Kier molecular flexibility index (Phi) is 6.86. The van der Waals surface area contributed by atoms with Crippen molar-refractivity contribution in [3.63, 3.8) is 0 Å². The van der Waals surface area contributed by atoms with Crippen LogP contribution < -0.4 is 16.0 Å². The fourth-order valence-electron chi connectivity index (χ4n) is 3.22. The first-order valence-corrected chi connectivity index (χ1v) is 11.2.